The van der Waals surface area contributed by atoms with Gasteiger partial charge in [0, 0.05) is 18.5 Å². The van der Waals surface area contributed by atoms with Gasteiger partial charge in [-0.05, 0) is 31.0 Å². The van der Waals surface area contributed by atoms with E-state index in [4.69, 9.17) is 10.2 Å². The monoisotopic (exact) mass is 280 g/mol. The van der Waals surface area contributed by atoms with Gasteiger partial charge in [-0.3, -0.25) is 4.79 Å². The molecule has 1 amide bonds. The molecule has 4 nitrogen and oxygen atoms in total. The van der Waals surface area contributed by atoms with Crippen LogP contribution in [0.4, 0.5) is 0 Å². The number of amides is 1. The van der Waals surface area contributed by atoms with Gasteiger partial charge in [0.1, 0.15) is 5.58 Å². The lowest BCUT2D eigenvalue weighted by molar-refractivity contribution is 0.0758. The molecule has 1 aliphatic heterocycles. The number of hydrogen-bond donors (Lipinski definition) is 1. The second-order valence-electron chi connectivity index (χ2n) is 4.79. The lowest BCUT2D eigenvalue weighted by Crippen LogP contribution is -2.29. The standard InChI is InChI=1S/C14H16N2O2.ClH/c15-8-10-5-6-16(9-10)14(17)13-7-11-3-1-2-4-12(11)18-13;/h1-4,7,10H,5-6,8-9,15H2;1H. The van der Waals surface area contributed by atoms with Gasteiger partial charge in [0.15, 0.2) is 5.76 Å². The van der Waals surface area contributed by atoms with Crippen LogP contribution in [0.15, 0.2) is 34.7 Å². The first-order chi connectivity index (χ1) is 8.78. The maximum Gasteiger partial charge on any atom is 0.289 e. The van der Waals surface area contributed by atoms with Gasteiger partial charge in [-0.25, -0.2) is 0 Å². The van der Waals surface area contributed by atoms with Crippen LogP contribution in [-0.2, 0) is 0 Å². The van der Waals surface area contributed by atoms with E-state index in [9.17, 15) is 4.79 Å². The number of nitrogens with zero attached hydrogens (tertiary/aromatic N) is 1. The number of hydrogen-bond acceptors (Lipinski definition) is 3. The average Bonchev–Trinajstić information content (AvgIpc) is 3.04. The van der Waals surface area contributed by atoms with Crippen molar-refractivity contribution >= 4 is 29.3 Å². The van der Waals surface area contributed by atoms with Gasteiger partial charge in [0.05, 0.1) is 0 Å². The van der Waals surface area contributed by atoms with E-state index in [1.54, 1.807) is 0 Å². The van der Waals surface area contributed by atoms with E-state index in [0.717, 1.165) is 30.5 Å². The summed E-state index contributed by atoms with van der Waals surface area (Å²) in [6.07, 6.45) is 0.989. The minimum atomic E-state index is -0.0258. The number of furan rings is 1. The summed E-state index contributed by atoms with van der Waals surface area (Å²) in [5, 5.41) is 0.968. The van der Waals surface area contributed by atoms with Crippen LogP contribution in [0.25, 0.3) is 11.0 Å². The molecule has 0 spiro atoms. The fraction of sp³-hybridized carbons (Fsp3) is 0.357. The number of carbonyl (C=O) groups excluding carboxylic acids is 1. The molecular weight excluding hydrogens is 264 g/mol. The SMILES string of the molecule is Cl.NCC1CCN(C(=O)c2cc3ccccc3o2)C1. The summed E-state index contributed by atoms with van der Waals surface area (Å²) in [6, 6.07) is 9.47. The van der Waals surface area contributed by atoms with Crippen molar-refractivity contribution in [3.63, 3.8) is 0 Å². The Morgan fingerprint density at radius 3 is 2.89 bits per heavy atom. The molecule has 5 heteroatoms. The summed E-state index contributed by atoms with van der Waals surface area (Å²) in [5.74, 6) is 0.828. The van der Waals surface area contributed by atoms with Crippen LogP contribution in [-0.4, -0.2) is 30.4 Å². The van der Waals surface area contributed by atoms with Crippen molar-refractivity contribution < 1.29 is 9.21 Å². The quantitative estimate of drug-likeness (QED) is 0.918. The number of rotatable bonds is 2. The lowest BCUT2D eigenvalue weighted by atomic mass is 10.1. The summed E-state index contributed by atoms with van der Waals surface area (Å²) >= 11 is 0. The number of benzene rings is 1. The Kier molecular flexibility index (Phi) is 4.12. The molecule has 2 aromatic rings. The highest BCUT2D eigenvalue weighted by molar-refractivity contribution is 5.96. The number of fused-ring (bicyclic) bond motifs is 1. The molecular formula is C14H17ClN2O2. The molecule has 1 fully saturated rings. The topological polar surface area (TPSA) is 59.5 Å². The molecule has 19 heavy (non-hydrogen) atoms. The number of para-hydroxylation sites is 1. The highest BCUT2D eigenvalue weighted by Crippen LogP contribution is 2.23. The van der Waals surface area contributed by atoms with Crippen LogP contribution in [0.3, 0.4) is 0 Å². The van der Waals surface area contributed by atoms with E-state index in [2.05, 4.69) is 0 Å². The molecule has 0 aliphatic carbocycles. The summed E-state index contributed by atoms with van der Waals surface area (Å²) in [7, 11) is 0. The zero-order valence-corrected chi connectivity index (χ0v) is 11.4. The van der Waals surface area contributed by atoms with Crippen LogP contribution in [0, 0.1) is 5.92 Å². The van der Waals surface area contributed by atoms with Crippen LogP contribution < -0.4 is 5.73 Å². The van der Waals surface area contributed by atoms with Gasteiger partial charge in [0.25, 0.3) is 5.91 Å². The maximum atomic E-state index is 12.3. The molecule has 2 N–H and O–H groups in total. The van der Waals surface area contributed by atoms with Gasteiger partial charge in [-0.15, -0.1) is 12.4 Å². The van der Waals surface area contributed by atoms with Gasteiger partial charge in [0.2, 0.25) is 0 Å². The first-order valence-corrected chi connectivity index (χ1v) is 6.26. The third kappa shape index (κ3) is 2.60. The first kappa shape index (κ1) is 13.9. The Morgan fingerprint density at radius 2 is 2.21 bits per heavy atom. The molecule has 0 bridgehead atoms. The van der Waals surface area contributed by atoms with Crippen molar-refractivity contribution in [2.45, 2.75) is 6.42 Å². The predicted molar refractivity (Wildman–Crippen MR) is 76.5 cm³/mol. The zero-order valence-electron chi connectivity index (χ0n) is 10.5. The van der Waals surface area contributed by atoms with E-state index in [1.165, 1.54) is 0 Å². The Morgan fingerprint density at radius 1 is 1.42 bits per heavy atom. The van der Waals surface area contributed by atoms with Crippen molar-refractivity contribution in [1.82, 2.24) is 4.90 Å². The van der Waals surface area contributed by atoms with Crippen molar-refractivity contribution in [2.24, 2.45) is 11.7 Å². The van der Waals surface area contributed by atoms with E-state index in [-0.39, 0.29) is 18.3 Å². The van der Waals surface area contributed by atoms with Gasteiger partial charge < -0.3 is 15.1 Å². The molecule has 0 radical (unpaired) electrons. The van der Waals surface area contributed by atoms with Gasteiger partial charge >= 0.3 is 0 Å². The highest BCUT2D eigenvalue weighted by atomic mass is 35.5. The maximum absolute atomic E-state index is 12.3. The highest BCUT2D eigenvalue weighted by Gasteiger charge is 2.27. The molecule has 1 unspecified atom stereocenters. The Hall–Kier alpha value is -1.52. The summed E-state index contributed by atoms with van der Waals surface area (Å²) in [4.78, 5) is 14.1. The van der Waals surface area contributed by atoms with Crippen molar-refractivity contribution in [1.29, 1.82) is 0 Å². The van der Waals surface area contributed by atoms with E-state index in [0.29, 0.717) is 18.2 Å². The van der Waals surface area contributed by atoms with Crippen molar-refractivity contribution in [3.8, 4) is 0 Å². The number of nitrogens with two attached hydrogens (primary N) is 1. The second-order valence-corrected chi connectivity index (χ2v) is 4.79. The fourth-order valence-electron chi connectivity index (χ4n) is 2.45. The van der Waals surface area contributed by atoms with Gasteiger partial charge in [-0.1, -0.05) is 18.2 Å². The van der Waals surface area contributed by atoms with E-state index in [1.807, 2.05) is 35.2 Å². The van der Waals surface area contributed by atoms with Crippen molar-refractivity contribution in [2.75, 3.05) is 19.6 Å². The third-order valence-corrected chi connectivity index (χ3v) is 3.54. The minimum Gasteiger partial charge on any atom is -0.451 e. The van der Waals surface area contributed by atoms with Crippen LogP contribution in [0.2, 0.25) is 0 Å². The third-order valence-electron chi connectivity index (χ3n) is 3.54. The Bertz CT molecular complexity index is 549. The number of likely N-dealkylation sites (tertiary alicyclic amines) is 1. The number of carbonyl (C=O) groups is 1. The largest absolute Gasteiger partial charge is 0.451 e. The summed E-state index contributed by atoms with van der Waals surface area (Å²) < 4.78 is 5.59. The van der Waals surface area contributed by atoms with E-state index < -0.39 is 0 Å². The molecule has 1 aromatic carbocycles. The Balaban J connectivity index is 0.00000133. The normalized spacial score (nSPS) is 18.6. The first-order valence-electron chi connectivity index (χ1n) is 6.26. The smallest absolute Gasteiger partial charge is 0.289 e. The molecule has 1 aliphatic rings. The van der Waals surface area contributed by atoms with E-state index >= 15 is 0 Å². The average molecular weight is 281 g/mol. The zero-order chi connectivity index (χ0) is 12.5. The van der Waals surface area contributed by atoms with Crippen LogP contribution in [0.1, 0.15) is 17.0 Å². The molecule has 102 valence electrons. The molecule has 1 saturated heterocycles. The minimum absolute atomic E-state index is 0. The summed E-state index contributed by atoms with van der Waals surface area (Å²) in [5.41, 5.74) is 6.39. The molecule has 3 rings (SSSR count). The molecule has 0 saturated carbocycles. The van der Waals surface area contributed by atoms with Crippen LogP contribution in [0.5, 0.6) is 0 Å². The number of halogens is 1. The second kappa shape index (κ2) is 5.63. The molecule has 1 atom stereocenters. The van der Waals surface area contributed by atoms with Crippen molar-refractivity contribution in [3.05, 3.63) is 36.1 Å². The molecule has 1 aromatic heterocycles. The summed E-state index contributed by atoms with van der Waals surface area (Å²) in [6.45, 7) is 2.16. The van der Waals surface area contributed by atoms with Gasteiger partial charge in [-0.2, -0.15) is 0 Å². The molecule has 2 heterocycles. The van der Waals surface area contributed by atoms with Crippen LogP contribution >= 0.6 is 12.4 Å². The fourth-order valence-corrected chi connectivity index (χ4v) is 2.45. The lowest BCUT2D eigenvalue weighted by Gasteiger charge is -2.14. The Labute approximate surface area is 118 Å². The predicted octanol–water partition coefficient (Wildman–Crippen LogP) is 2.28.